The third-order valence-corrected chi connectivity index (χ3v) is 8.50. The van der Waals surface area contributed by atoms with Crippen molar-refractivity contribution in [2.75, 3.05) is 11.4 Å². The molecule has 1 spiro atoms. The zero-order valence-electron chi connectivity index (χ0n) is 27.1. The highest BCUT2D eigenvalue weighted by Gasteiger charge is 2.59. The van der Waals surface area contributed by atoms with E-state index in [4.69, 9.17) is 4.74 Å². The normalized spacial score (nSPS) is 20.7. The molecule has 2 aliphatic rings. The summed E-state index contributed by atoms with van der Waals surface area (Å²) in [4.78, 5) is 55.2. The maximum Gasteiger partial charge on any atom is 0.573 e. The molecule has 1 N–H and O–H groups in total. The number of rotatable bonds is 8. The Labute approximate surface area is 267 Å². The highest BCUT2D eigenvalue weighted by Crippen LogP contribution is 2.48. The van der Waals surface area contributed by atoms with E-state index in [1.807, 2.05) is 0 Å². The molecule has 1 heterocycles. The minimum Gasteiger partial charge on any atom is -0.460 e. The molecule has 1 saturated carbocycles. The zero-order chi connectivity index (χ0) is 34.1. The first-order valence-corrected chi connectivity index (χ1v) is 15.4. The molecular weight excluding hydrogens is 603 g/mol. The van der Waals surface area contributed by atoms with Crippen molar-refractivity contribution in [1.29, 1.82) is 0 Å². The van der Waals surface area contributed by atoms with Gasteiger partial charge < -0.3 is 19.7 Å². The Morgan fingerprint density at radius 2 is 1.50 bits per heavy atom. The fourth-order valence-electron chi connectivity index (χ4n) is 6.12. The molecular formula is C34H42F3N3O6. The molecule has 4 amide bonds. The van der Waals surface area contributed by atoms with Crippen LogP contribution in [-0.2, 0) is 20.9 Å². The molecule has 0 unspecified atom stereocenters. The van der Waals surface area contributed by atoms with Crippen LogP contribution in [0.2, 0.25) is 0 Å². The summed E-state index contributed by atoms with van der Waals surface area (Å²) in [6.45, 7) is 12.0. The van der Waals surface area contributed by atoms with E-state index in [9.17, 15) is 32.3 Å². The number of urea groups is 1. The number of ether oxygens (including phenoxy) is 2. The average molecular weight is 646 g/mol. The van der Waals surface area contributed by atoms with Crippen LogP contribution in [0.15, 0.2) is 48.5 Å². The summed E-state index contributed by atoms with van der Waals surface area (Å²) in [7, 11) is 0. The van der Waals surface area contributed by atoms with Crippen LogP contribution in [0, 0.1) is 11.3 Å². The summed E-state index contributed by atoms with van der Waals surface area (Å²) in [5, 5.41) is 2.70. The molecule has 1 aliphatic heterocycles. The number of hydrogen-bond acceptors (Lipinski definition) is 6. The molecule has 4 rings (SSSR count). The largest absolute Gasteiger partial charge is 0.573 e. The summed E-state index contributed by atoms with van der Waals surface area (Å²) in [5.41, 5.74) is -0.495. The molecule has 2 aromatic rings. The number of benzene rings is 2. The van der Waals surface area contributed by atoms with Gasteiger partial charge in [-0.25, -0.2) is 9.69 Å². The van der Waals surface area contributed by atoms with E-state index in [1.54, 1.807) is 49.9 Å². The molecule has 0 atom stereocenters. The van der Waals surface area contributed by atoms with Crippen LogP contribution >= 0.6 is 0 Å². The topological polar surface area (TPSA) is 105 Å². The van der Waals surface area contributed by atoms with Crippen LogP contribution in [-0.4, -0.2) is 52.8 Å². The fraction of sp³-hybridized carbons (Fsp3) is 0.529. The number of imide groups is 1. The lowest BCUT2D eigenvalue weighted by Gasteiger charge is -2.44. The van der Waals surface area contributed by atoms with Gasteiger partial charge in [-0.15, -0.1) is 13.2 Å². The lowest BCUT2D eigenvalue weighted by atomic mass is 9.67. The predicted octanol–water partition coefficient (Wildman–Crippen LogP) is 6.99. The van der Waals surface area contributed by atoms with Gasteiger partial charge in [0.1, 0.15) is 16.9 Å². The van der Waals surface area contributed by atoms with E-state index in [1.165, 1.54) is 12.1 Å². The van der Waals surface area contributed by atoms with Crippen molar-refractivity contribution in [2.45, 2.75) is 97.7 Å². The average Bonchev–Trinajstić information content (AvgIpc) is 3.12. The number of amides is 4. The number of nitrogens with zero attached hydrogens (tertiary/aromatic N) is 2. The van der Waals surface area contributed by atoms with Gasteiger partial charge in [0.15, 0.2) is 0 Å². The van der Waals surface area contributed by atoms with Crippen molar-refractivity contribution in [1.82, 2.24) is 10.2 Å². The molecule has 2 aromatic carbocycles. The molecule has 0 radical (unpaired) electrons. The van der Waals surface area contributed by atoms with Crippen molar-refractivity contribution in [3.8, 4) is 5.75 Å². The van der Waals surface area contributed by atoms with E-state index >= 15 is 0 Å². The highest BCUT2D eigenvalue weighted by molar-refractivity contribution is 6.23. The van der Waals surface area contributed by atoms with Gasteiger partial charge in [0.25, 0.3) is 11.8 Å². The molecule has 0 aromatic heterocycles. The zero-order valence-corrected chi connectivity index (χ0v) is 27.1. The Balaban J connectivity index is 1.52. The van der Waals surface area contributed by atoms with Crippen LogP contribution in [0.3, 0.4) is 0 Å². The number of halogens is 3. The van der Waals surface area contributed by atoms with Crippen LogP contribution < -0.4 is 15.0 Å². The summed E-state index contributed by atoms with van der Waals surface area (Å²) < 4.78 is 47.3. The number of esters is 1. The fourth-order valence-corrected chi connectivity index (χ4v) is 6.12. The summed E-state index contributed by atoms with van der Waals surface area (Å²) in [6.07, 6.45) is -2.49. The molecule has 12 heteroatoms. The monoisotopic (exact) mass is 645 g/mol. The smallest absolute Gasteiger partial charge is 0.460 e. The highest BCUT2D eigenvalue weighted by atomic mass is 19.4. The second kappa shape index (κ2) is 13.0. The number of hydrogen-bond donors (Lipinski definition) is 1. The van der Waals surface area contributed by atoms with Gasteiger partial charge in [0.2, 0.25) is 0 Å². The van der Waals surface area contributed by atoms with Crippen LogP contribution in [0.4, 0.5) is 23.7 Å². The quantitative estimate of drug-likeness (QED) is 0.245. The third kappa shape index (κ3) is 8.19. The number of nitrogens with one attached hydrogen (secondary N) is 1. The first-order chi connectivity index (χ1) is 21.3. The second-order valence-corrected chi connectivity index (χ2v) is 14.0. The third-order valence-electron chi connectivity index (χ3n) is 8.50. The first kappa shape index (κ1) is 34.8. The van der Waals surface area contributed by atoms with Gasteiger partial charge in [-0.05, 0) is 99.7 Å². The van der Waals surface area contributed by atoms with Gasteiger partial charge in [0.05, 0.1) is 12.1 Å². The molecule has 0 bridgehead atoms. The van der Waals surface area contributed by atoms with Crippen LogP contribution in [0.5, 0.6) is 5.75 Å². The molecule has 2 fully saturated rings. The summed E-state index contributed by atoms with van der Waals surface area (Å²) in [6, 6.07) is 10.8. The van der Waals surface area contributed by atoms with Crippen molar-refractivity contribution in [2.24, 2.45) is 11.3 Å². The number of carbonyl (C=O) groups excluding carboxylic acids is 4. The Morgan fingerprint density at radius 3 is 2.02 bits per heavy atom. The van der Waals surface area contributed by atoms with Gasteiger partial charge in [0, 0.05) is 18.7 Å². The maximum atomic E-state index is 14.1. The Bertz CT molecular complexity index is 1430. The van der Waals surface area contributed by atoms with Crippen LogP contribution in [0.1, 0.15) is 89.6 Å². The van der Waals surface area contributed by atoms with Crippen molar-refractivity contribution < 1.29 is 41.8 Å². The molecule has 1 saturated heterocycles. The van der Waals surface area contributed by atoms with E-state index < -0.39 is 41.2 Å². The van der Waals surface area contributed by atoms with Crippen molar-refractivity contribution in [3.63, 3.8) is 0 Å². The SMILES string of the molecule is CC(C)(C)OC(=O)CCNC(=O)c1ccc(CN2C(=O)N(c3ccc(OC(F)(F)F)cc3)C(=O)[C@]23CC[C@@H](C(C)(C)C)CC3)cc1. The standard InChI is InChI=1S/C34H42F3N3O6/c1-31(2,3)24-15-18-33(19-16-24)29(43)40(25-11-13-26(14-12-25)45-34(35,36)37)30(44)39(33)21-22-7-9-23(10-8-22)28(42)38-20-17-27(41)46-32(4,5)6/h7-14,24H,15-21H2,1-6H3,(H,38,42)/t24-,33-. The van der Waals surface area contributed by atoms with Gasteiger partial charge in [-0.1, -0.05) is 32.9 Å². The van der Waals surface area contributed by atoms with Crippen molar-refractivity contribution in [3.05, 3.63) is 59.7 Å². The number of carbonyl (C=O) groups is 4. The lowest BCUT2D eigenvalue weighted by molar-refractivity contribution is -0.274. The molecule has 1 aliphatic carbocycles. The van der Waals surface area contributed by atoms with E-state index in [-0.39, 0.29) is 36.5 Å². The van der Waals surface area contributed by atoms with Gasteiger partial charge >= 0.3 is 18.4 Å². The molecule has 9 nitrogen and oxygen atoms in total. The first-order valence-electron chi connectivity index (χ1n) is 15.4. The Hall–Kier alpha value is -4.09. The van der Waals surface area contributed by atoms with E-state index in [0.717, 1.165) is 29.9 Å². The minimum absolute atomic E-state index is 0.0232. The Morgan fingerprint density at radius 1 is 0.913 bits per heavy atom. The number of anilines is 1. The molecule has 46 heavy (non-hydrogen) atoms. The lowest BCUT2D eigenvalue weighted by Crippen LogP contribution is -2.52. The van der Waals surface area contributed by atoms with Gasteiger partial charge in [-0.3, -0.25) is 14.4 Å². The van der Waals surface area contributed by atoms with Crippen LogP contribution in [0.25, 0.3) is 0 Å². The second-order valence-electron chi connectivity index (χ2n) is 14.0. The minimum atomic E-state index is -4.87. The number of alkyl halides is 3. The molecule has 250 valence electrons. The summed E-state index contributed by atoms with van der Waals surface area (Å²) in [5.74, 6) is -1.30. The maximum absolute atomic E-state index is 14.1. The van der Waals surface area contributed by atoms with Crippen molar-refractivity contribution >= 4 is 29.5 Å². The summed E-state index contributed by atoms with van der Waals surface area (Å²) >= 11 is 0. The van der Waals surface area contributed by atoms with E-state index in [0.29, 0.717) is 29.9 Å². The van der Waals surface area contributed by atoms with E-state index in [2.05, 4.69) is 30.8 Å². The Kier molecular flexibility index (Phi) is 9.80. The predicted molar refractivity (Wildman–Crippen MR) is 165 cm³/mol. The van der Waals surface area contributed by atoms with Gasteiger partial charge in [-0.2, -0.15) is 0 Å².